The Labute approximate surface area is 165 Å². The first-order chi connectivity index (χ1) is 13.7. The molecule has 0 radical (unpaired) electrons. The molecular formula is C24H25NO3. The molecule has 2 aliphatic rings. The molecule has 0 saturated heterocycles. The third-order valence-corrected chi connectivity index (χ3v) is 5.83. The van der Waals surface area contributed by atoms with E-state index < -0.39 is 11.4 Å². The Morgan fingerprint density at radius 2 is 1.89 bits per heavy atom. The molecule has 2 aromatic rings. The molecule has 0 spiro atoms. The molecule has 0 unspecified atom stereocenters. The van der Waals surface area contributed by atoms with Crippen LogP contribution in [0.25, 0.3) is 0 Å². The maximum absolute atomic E-state index is 13.5. The minimum Gasteiger partial charge on any atom is -0.465 e. The van der Waals surface area contributed by atoms with Gasteiger partial charge in [0.1, 0.15) is 0 Å². The van der Waals surface area contributed by atoms with E-state index in [1.54, 1.807) is 6.92 Å². The highest BCUT2D eigenvalue weighted by atomic mass is 16.5. The van der Waals surface area contributed by atoms with Crippen LogP contribution < -0.4 is 5.32 Å². The molecule has 1 heterocycles. The molecular weight excluding hydrogens is 350 g/mol. The zero-order chi connectivity index (χ0) is 19.6. The van der Waals surface area contributed by atoms with Crippen molar-refractivity contribution < 1.29 is 14.3 Å². The lowest BCUT2D eigenvalue weighted by molar-refractivity contribution is -0.161. The van der Waals surface area contributed by atoms with E-state index in [1.807, 2.05) is 54.6 Å². The molecule has 0 bridgehead atoms. The normalized spacial score (nSPS) is 23.5. The Morgan fingerprint density at radius 1 is 1.14 bits per heavy atom. The quantitative estimate of drug-likeness (QED) is 0.471. The predicted octanol–water partition coefficient (Wildman–Crippen LogP) is 4.62. The van der Waals surface area contributed by atoms with Gasteiger partial charge in [0.15, 0.2) is 5.41 Å². The number of rotatable bonds is 5. The van der Waals surface area contributed by atoms with Gasteiger partial charge in [-0.25, -0.2) is 0 Å². The van der Waals surface area contributed by atoms with E-state index >= 15 is 0 Å². The first kappa shape index (κ1) is 18.5. The van der Waals surface area contributed by atoms with Crippen LogP contribution in [0.4, 0.5) is 5.69 Å². The highest BCUT2D eigenvalue weighted by molar-refractivity contribution is 6.13. The lowest BCUT2D eigenvalue weighted by Gasteiger charge is -2.42. The SMILES string of the molecule is CCOC(=O)[C@]1(Cc2ccccc2)C(=O)Nc2ccccc2[C@H]1C1=CCCC1. The lowest BCUT2D eigenvalue weighted by atomic mass is 9.62. The van der Waals surface area contributed by atoms with Gasteiger partial charge in [0.2, 0.25) is 5.91 Å². The van der Waals surface area contributed by atoms with Gasteiger partial charge in [-0.15, -0.1) is 0 Å². The van der Waals surface area contributed by atoms with Crippen LogP contribution in [0, 0.1) is 5.41 Å². The molecule has 1 aliphatic carbocycles. The fourth-order valence-corrected chi connectivity index (χ4v) is 4.61. The van der Waals surface area contributed by atoms with Gasteiger partial charge < -0.3 is 10.1 Å². The van der Waals surface area contributed by atoms with E-state index in [0.29, 0.717) is 6.42 Å². The van der Waals surface area contributed by atoms with E-state index in [0.717, 1.165) is 36.1 Å². The molecule has 2 aromatic carbocycles. The van der Waals surface area contributed by atoms with Gasteiger partial charge in [0, 0.05) is 11.6 Å². The molecule has 0 fully saturated rings. The molecule has 4 rings (SSSR count). The van der Waals surface area contributed by atoms with Crippen LogP contribution in [-0.2, 0) is 20.7 Å². The number of esters is 1. The van der Waals surface area contributed by atoms with Crippen molar-refractivity contribution in [1.29, 1.82) is 0 Å². The molecule has 0 saturated carbocycles. The van der Waals surface area contributed by atoms with Gasteiger partial charge in [0.25, 0.3) is 0 Å². The second-order valence-corrected chi connectivity index (χ2v) is 7.50. The van der Waals surface area contributed by atoms with Crippen molar-refractivity contribution >= 4 is 17.6 Å². The van der Waals surface area contributed by atoms with E-state index in [4.69, 9.17) is 4.74 Å². The summed E-state index contributed by atoms with van der Waals surface area (Å²) in [5.74, 6) is -1.02. The fourth-order valence-electron chi connectivity index (χ4n) is 4.61. The van der Waals surface area contributed by atoms with Crippen LogP contribution in [0.2, 0.25) is 0 Å². The van der Waals surface area contributed by atoms with Gasteiger partial charge in [-0.3, -0.25) is 9.59 Å². The summed E-state index contributed by atoms with van der Waals surface area (Å²) in [6.07, 6.45) is 5.47. The fraction of sp³-hybridized carbons (Fsp3) is 0.333. The molecule has 0 aromatic heterocycles. The minimum absolute atomic E-state index is 0.246. The lowest BCUT2D eigenvalue weighted by Crippen LogP contribution is -2.53. The second-order valence-electron chi connectivity index (χ2n) is 7.50. The first-order valence-corrected chi connectivity index (χ1v) is 9.97. The monoisotopic (exact) mass is 375 g/mol. The summed E-state index contributed by atoms with van der Waals surface area (Å²) in [6, 6.07) is 17.6. The number of ether oxygens (including phenoxy) is 1. The molecule has 28 heavy (non-hydrogen) atoms. The summed E-state index contributed by atoms with van der Waals surface area (Å²) in [5.41, 5.74) is 2.61. The summed E-state index contributed by atoms with van der Waals surface area (Å²) < 4.78 is 5.51. The molecule has 2 atom stereocenters. The Kier molecular flexibility index (Phi) is 5.03. The third-order valence-electron chi connectivity index (χ3n) is 5.83. The summed E-state index contributed by atoms with van der Waals surface area (Å²) in [4.78, 5) is 26.9. The largest absolute Gasteiger partial charge is 0.465 e. The molecule has 1 amide bonds. The van der Waals surface area contributed by atoms with Gasteiger partial charge in [-0.1, -0.05) is 60.2 Å². The van der Waals surface area contributed by atoms with Crippen molar-refractivity contribution in [3.8, 4) is 0 Å². The summed E-state index contributed by atoms with van der Waals surface area (Å²) in [7, 11) is 0. The van der Waals surface area contributed by atoms with Gasteiger partial charge in [-0.05, 0) is 49.8 Å². The van der Waals surface area contributed by atoms with Crippen LogP contribution in [0.1, 0.15) is 43.2 Å². The molecule has 4 nitrogen and oxygen atoms in total. The number of allylic oxidation sites excluding steroid dienone is 2. The van der Waals surface area contributed by atoms with Crippen LogP contribution in [-0.4, -0.2) is 18.5 Å². The number of fused-ring (bicyclic) bond motifs is 1. The van der Waals surface area contributed by atoms with Crippen LogP contribution in [0.5, 0.6) is 0 Å². The molecule has 1 N–H and O–H groups in total. The second kappa shape index (κ2) is 7.63. The molecule has 144 valence electrons. The smallest absolute Gasteiger partial charge is 0.322 e. The number of anilines is 1. The van der Waals surface area contributed by atoms with Crippen molar-refractivity contribution in [2.75, 3.05) is 11.9 Å². The summed E-state index contributed by atoms with van der Waals surface area (Å²) in [5, 5.41) is 3.00. The first-order valence-electron chi connectivity index (χ1n) is 9.97. The number of hydrogen-bond donors (Lipinski definition) is 1. The number of hydrogen-bond acceptors (Lipinski definition) is 3. The van der Waals surface area contributed by atoms with Crippen LogP contribution in [0.3, 0.4) is 0 Å². The maximum atomic E-state index is 13.5. The zero-order valence-electron chi connectivity index (χ0n) is 16.1. The maximum Gasteiger partial charge on any atom is 0.322 e. The highest BCUT2D eigenvalue weighted by Crippen LogP contribution is 2.52. The number of carbonyl (C=O) groups excluding carboxylic acids is 2. The Hall–Kier alpha value is -2.88. The van der Waals surface area contributed by atoms with Crippen molar-refractivity contribution in [3.63, 3.8) is 0 Å². The number of benzene rings is 2. The van der Waals surface area contributed by atoms with E-state index in [1.165, 1.54) is 5.57 Å². The predicted molar refractivity (Wildman–Crippen MR) is 109 cm³/mol. The van der Waals surface area contributed by atoms with Crippen molar-refractivity contribution in [1.82, 2.24) is 0 Å². The Bertz CT molecular complexity index is 918. The van der Waals surface area contributed by atoms with Gasteiger partial charge in [-0.2, -0.15) is 0 Å². The summed E-state index contributed by atoms with van der Waals surface area (Å²) >= 11 is 0. The standard InChI is InChI=1S/C24H25NO3/c1-2-28-23(27)24(16-17-10-4-3-5-11-17)21(18-12-6-7-13-18)19-14-8-9-15-20(19)25-22(24)26/h3-5,8-12,14-15,21H,2,6-7,13,16H2,1H3,(H,25,26)/t21-,24+/m1/s1. The van der Waals surface area contributed by atoms with Crippen LogP contribution >= 0.6 is 0 Å². The average molecular weight is 375 g/mol. The summed E-state index contributed by atoms with van der Waals surface area (Å²) in [6.45, 7) is 2.03. The number of carbonyl (C=O) groups is 2. The minimum atomic E-state index is -1.30. The van der Waals surface area contributed by atoms with Crippen molar-refractivity contribution in [2.24, 2.45) is 5.41 Å². The van der Waals surface area contributed by atoms with Crippen molar-refractivity contribution in [3.05, 3.63) is 77.4 Å². The number of amides is 1. The number of para-hydroxylation sites is 1. The zero-order valence-corrected chi connectivity index (χ0v) is 16.1. The van der Waals surface area contributed by atoms with Crippen molar-refractivity contribution in [2.45, 2.75) is 38.5 Å². The topological polar surface area (TPSA) is 55.4 Å². The Balaban J connectivity index is 1.92. The number of nitrogens with one attached hydrogen (secondary N) is 1. The van der Waals surface area contributed by atoms with Crippen LogP contribution in [0.15, 0.2) is 66.2 Å². The third kappa shape index (κ3) is 3.03. The Morgan fingerprint density at radius 3 is 2.61 bits per heavy atom. The van der Waals surface area contributed by atoms with Gasteiger partial charge >= 0.3 is 5.97 Å². The van der Waals surface area contributed by atoms with E-state index in [-0.39, 0.29) is 18.4 Å². The average Bonchev–Trinajstić information content (AvgIpc) is 3.23. The van der Waals surface area contributed by atoms with E-state index in [9.17, 15) is 9.59 Å². The highest BCUT2D eigenvalue weighted by Gasteiger charge is 2.57. The molecule has 4 heteroatoms. The van der Waals surface area contributed by atoms with Gasteiger partial charge in [0.05, 0.1) is 6.61 Å². The molecule has 1 aliphatic heterocycles. The van der Waals surface area contributed by atoms with E-state index in [2.05, 4.69) is 11.4 Å².